The molecule has 20 heteroatoms. The van der Waals surface area contributed by atoms with Gasteiger partial charge in [0, 0.05) is 26.1 Å². The number of rotatable bonds is 43. The maximum absolute atomic E-state index is 12.8. The van der Waals surface area contributed by atoms with E-state index in [1.54, 1.807) is 0 Å². The van der Waals surface area contributed by atoms with E-state index in [-0.39, 0.29) is 67.3 Å². The number of unbranched alkanes of at least 4 members (excludes halogenated alkanes) is 17. The van der Waals surface area contributed by atoms with E-state index in [2.05, 4.69) is 45.5 Å². The van der Waals surface area contributed by atoms with Crippen LogP contribution < -0.4 is 17.0 Å². The molecule has 3 heterocycles. The van der Waals surface area contributed by atoms with E-state index < -0.39 is 41.8 Å². The molecule has 1 saturated heterocycles. The molecular formula is C52H91N7O13. The standard InChI is InChI=1S/C52H91N7O13/c1-4-7-10-13-16-22-36-68-42(61)27-33-57(31-25-32-58(34-28-43(62)69-37-23-17-14-11-8-5-2)35-29-44(63)70-38-24-18-15-12-9-6-3)30-21-19-20-26-41(60)71-39-40-46(64)47(65)50(72-40)59-48-45(54-52(59)67)49(66)56-51(53)55-48/h40,46-47,50,64-65H,4-39H2,1-3H3,(H,54,67)(H3,53,55,56,66)/t40-,46?,47?,50-/m0/s1. The quantitative estimate of drug-likeness (QED) is 0.0266. The number of fused-ring (bicyclic) bond motifs is 1. The molecule has 3 rings (SSSR count). The SMILES string of the molecule is CCCCCCCCOC(=O)CCN(CCCCCC(=O)OC[C@@H]1O[C@H](n2c(=O)[nH]c3c(=O)[nH]c(N)nc32)C(O)C1O)CCCN(CCC(=O)OCCCCCCCC)CCC(=O)OCCCCCCCC. The number of aromatic nitrogens is 4. The number of aromatic amines is 2. The molecule has 0 radical (unpaired) electrons. The van der Waals surface area contributed by atoms with Crippen LogP contribution in [0.25, 0.3) is 11.2 Å². The third-order valence-corrected chi connectivity index (χ3v) is 13.1. The lowest BCUT2D eigenvalue weighted by Crippen LogP contribution is -2.35. The molecule has 6 N–H and O–H groups in total. The lowest BCUT2D eigenvalue weighted by Gasteiger charge is -2.25. The average molecular weight is 1020 g/mol. The predicted octanol–water partition coefficient (Wildman–Crippen LogP) is 6.59. The third kappa shape index (κ3) is 25.0. The maximum Gasteiger partial charge on any atom is 0.330 e. The second kappa shape index (κ2) is 37.4. The molecule has 0 spiro atoms. The zero-order chi connectivity index (χ0) is 52.4. The Morgan fingerprint density at radius 2 is 0.986 bits per heavy atom. The van der Waals surface area contributed by atoms with E-state index in [4.69, 9.17) is 29.4 Å². The van der Waals surface area contributed by atoms with E-state index in [1.807, 2.05) is 0 Å². The highest BCUT2D eigenvalue weighted by Crippen LogP contribution is 2.30. The summed E-state index contributed by atoms with van der Waals surface area (Å²) in [6.45, 7) is 10.7. The van der Waals surface area contributed by atoms with E-state index in [0.29, 0.717) is 71.9 Å². The molecule has 2 aromatic heterocycles. The zero-order valence-corrected chi connectivity index (χ0v) is 44.0. The first-order valence-electron chi connectivity index (χ1n) is 27.5. The number of nitrogen functional groups attached to an aromatic ring is 1. The molecule has 0 amide bonds. The number of anilines is 1. The van der Waals surface area contributed by atoms with E-state index >= 15 is 0 Å². The maximum atomic E-state index is 12.8. The topological polar surface area (TPSA) is 271 Å². The Balaban J connectivity index is 1.51. The Labute approximate surface area is 426 Å². The van der Waals surface area contributed by atoms with Crippen LogP contribution in [-0.2, 0) is 42.9 Å². The molecular weight excluding hydrogens is 931 g/mol. The van der Waals surface area contributed by atoms with Gasteiger partial charge in [-0.05, 0) is 58.2 Å². The van der Waals surface area contributed by atoms with Crippen LogP contribution in [-0.4, -0.2) is 147 Å². The van der Waals surface area contributed by atoms with Gasteiger partial charge >= 0.3 is 29.6 Å². The van der Waals surface area contributed by atoms with Crippen LogP contribution in [0, 0.1) is 0 Å². The number of hydrogen-bond acceptors (Lipinski definition) is 17. The second-order valence-corrected chi connectivity index (χ2v) is 19.2. The van der Waals surface area contributed by atoms with Gasteiger partial charge < -0.3 is 49.4 Å². The molecule has 4 atom stereocenters. The Hall–Kier alpha value is -4.37. The molecule has 1 fully saturated rings. The number of ether oxygens (including phenoxy) is 5. The number of imidazole rings is 1. The molecule has 2 unspecified atom stereocenters. The van der Waals surface area contributed by atoms with Gasteiger partial charge in [0.2, 0.25) is 5.95 Å². The summed E-state index contributed by atoms with van der Waals surface area (Å²) in [5.41, 5.74) is 3.80. The van der Waals surface area contributed by atoms with Crippen molar-refractivity contribution in [3.8, 4) is 0 Å². The third-order valence-electron chi connectivity index (χ3n) is 13.1. The first-order valence-corrected chi connectivity index (χ1v) is 27.5. The number of nitrogens with zero attached hydrogens (tertiary/aromatic N) is 4. The van der Waals surface area contributed by atoms with E-state index in [1.165, 1.54) is 57.8 Å². The number of aliphatic hydroxyl groups excluding tert-OH is 2. The van der Waals surface area contributed by atoms with Gasteiger partial charge in [0.05, 0.1) is 39.1 Å². The van der Waals surface area contributed by atoms with Gasteiger partial charge in [0.15, 0.2) is 17.4 Å². The van der Waals surface area contributed by atoms with Gasteiger partial charge in [-0.3, -0.25) is 33.9 Å². The average Bonchev–Trinajstić information content (AvgIpc) is 3.83. The largest absolute Gasteiger partial charge is 0.466 e. The van der Waals surface area contributed by atoms with Crippen LogP contribution >= 0.6 is 0 Å². The lowest BCUT2D eigenvalue weighted by atomic mass is 10.1. The summed E-state index contributed by atoms with van der Waals surface area (Å²) >= 11 is 0. The molecule has 0 aliphatic carbocycles. The molecule has 20 nitrogen and oxygen atoms in total. The van der Waals surface area contributed by atoms with Crippen LogP contribution in [0.3, 0.4) is 0 Å². The molecule has 2 aromatic rings. The van der Waals surface area contributed by atoms with Crippen molar-refractivity contribution in [2.75, 3.05) is 71.4 Å². The van der Waals surface area contributed by atoms with Crippen molar-refractivity contribution >= 4 is 41.0 Å². The van der Waals surface area contributed by atoms with Gasteiger partial charge in [0.1, 0.15) is 24.9 Å². The van der Waals surface area contributed by atoms with E-state index in [0.717, 1.165) is 75.2 Å². The molecule has 0 bridgehead atoms. The minimum absolute atomic E-state index is 0.0885. The highest BCUT2D eigenvalue weighted by molar-refractivity contribution is 5.71. The molecule has 1 aliphatic rings. The Morgan fingerprint density at radius 1 is 0.556 bits per heavy atom. The van der Waals surface area contributed by atoms with Crippen LogP contribution in [0.2, 0.25) is 0 Å². The monoisotopic (exact) mass is 1020 g/mol. The van der Waals surface area contributed by atoms with Gasteiger partial charge in [0.25, 0.3) is 5.56 Å². The zero-order valence-electron chi connectivity index (χ0n) is 44.0. The molecule has 72 heavy (non-hydrogen) atoms. The van der Waals surface area contributed by atoms with Gasteiger partial charge in [-0.2, -0.15) is 4.98 Å². The first-order chi connectivity index (χ1) is 34.9. The van der Waals surface area contributed by atoms with Crippen molar-refractivity contribution in [2.24, 2.45) is 0 Å². The predicted molar refractivity (Wildman–Crippen MR) is 275 cm³/mol. The van der Waals surface area contributed by atoms with Crippen LogP contribution in [0.5, 0.6) is 0 Å². The number of esters is 4. The van der Waals surface area contributed by atoms with Gasteiger partial charge in [-0.1, -0.05) is 124 Å². The van der Waals surface area contributed by atoms with Crippen LogP contribution in [0.1, 0.15) is 194 Å². The van der Waals surface area contributed by atoms with Crippen molar-refractivity contribution in [3.05, 3.63) is 20.8 Å². The number of nitrogens with one attached hydrogen (secondary N) is 2. The van der Waals surface area contributed by atoms with Gasteiger partial charge in [-0.15, -0.1) is 0 Å². The lowest BCUT2D eigenvalue weighted by molar-refractivity contribution is -0.150. The minimum atomic E-state index is -1.60. The number of nitrogens with two attached hydrogens (primary N) is 1. The minimum Gasteiger partial charge on any atom is -0.466 e. The fraction of sp³-hybridized carbons (Fsp3) is 0.827. The summed E-state index contributed by atoms with van der Waals surface area (Å²) < 4.78 is 28.7. The van der Waals surface area contributed by atoms with Crippen molar-refractivity contribution in [1.29, 1.82) is 0 Å². The fourth-order valence-electron chi connectivity index (χ4n) is 8.73. The summed E-state index contributed by atoms with van der Waals surface area (Å²) in [6.07, 6.45) is 17.5. The number of carbonyl (C=O) groups is 4. The smallest absolute Gasteiger partial charge is 0.330 e. The highest BCUT2D eigenvalue weighted by atomic mass is 16.6. The summed E-state index contributed by atoms with van der Waals surface area (Å²) in [7, 11) is 0. The summed E-state index contributed by atoms with van der Waals surface area (Å²) in [4.78, 5) is 89.1. The normalized spacial score (nSPS) is 16.8. The van der Waals surface area contributed by atoms with Crippen LogP contribution in [0.4, 0.5) is 5.95 Å². The number of carbonyl (C=O) groups excluding carboxylic acids is 4. The molecule has 412 valence electrons. The number of aliphatic hydroxyl groups is 2. The molecule has 0 aromatic carbocycles. The molecule has 0 saturated carbocycles. The molecule has 1 aliphatic heterocycles. The number of hydrogen-bond donors (Lipinski definition) is 5. The Bertz CT molecular complexity index is 1910. The first kappa shape index (κ1) is 61.9. The Kier molecular flexibility index (Phi) is 32.1. The Morgan fingerprint density at radius 3 is 1.49 bits per heavy atom. The fourth-order valence-corrected chi connectivity index (χ4v) is 8.73. The summed E-state index contributed by atoms with van der Waals surface area (Å²) in [5.74, 6) is -1.52. The van der Waals surface area contributed by atoms with Crippen LogP contribution in [0.15, 0.2) is 9.59 Å². The number of H-pyrrole nitrogens is 2. The van der Waals surface area contributed by atoms with Crippen molar-refractivity contribution < 1.29 is 53.1 Å². The highest BCUT2D eigenvalue weighted by Gasteiger charge is 2.45. The van der Waals surface area contributed by atoms with Crippen molar-refractivity contribution in [2.45, 2.75) is 212 Å². The summed E-state index contributed by atoms with van der Waals surface area (Å²) in [5, 5.41) is 21.5. The van der Waals surface area contributed by atoms with E-state index in [9.17, 15) is 39.0 Å². The van der Waals surface area contributed by atoms with Gasteiger partial charge in [-0.25, -0.2) is 9.36 Å². The van der Waals surface area contributed by atoms with Crippen molar-refractivity contribution in [1.82, 2.24) is 29.3 Å². The second-order valence-electron chi connectivity index (χ2n) is 19.2. The van der Waals surface area contributed by atoms with Crippen molar-refractivity contribution in [3.63, 3.8) is 0 Å². The summed E-state index contributed by atoms with van der Waals surface area (Å²) in [6, 6.07) is 0.